The molecule has 8 atom stereocenters. The number of hydrogen-bond acceptors (Lipinski definition) is 2. The van der Waals surface area contributed by atoms with Gasteiger partial charge in [0, 0.05) is 6.54 Å². The van der Waals surface area contributed by atoms with Gasteiger partial charge < -0.3 is 0 Å². The van der Waals surface area contributed by atoms with Gasteiger partial charge in [0.2, 0.25) is 11.8 Å². The summed E-state index contributed by atoms with van der Waals surface area (Å²) in [6.45, 7) is 12.0. The van der Waals surface area contributed by atoms with Crippen LogP contribution in [0.1, 0.15) is 60.3 Å². The fourth-order valence-electron chi connectivity index (χ4n) is 7.45. The van der Waals surface area contributed by atoms with Crippen molar-refractivity contribution in [2.75, 3.05) is 6.54 Å². The number of hydrogen-bond donors (Lipinski definition) is 0. The molecule has 1 saturated heterocycles. The highest BCUT2D eigenvalue weighted by Gasteiger charge is 2.69. The average molecular weight is 332 g/mol. The molecule has 134 valence electrons. The van der Waals surface area contributed by atoms with Gasteiger partial charge in [-0.15, -0.1) is 0 Å². The molecule has 0 aromatic rings. The van der Waals surface area contributed by atoms with Gasteiger partial charge >= 0.3 is 0 Å². The van der Waals surface area contributed by atoms with Crippen LogP contribution in [-0.2, 0) is 9.59 Å². The summed E-state index contributed by atoms with van der Waals surface area (Å²) >= 11 is 0. The van der Waals surface area contributed by atoms with Crippen LogP contribution in [0.4, 0.5) is 0 Å². The van der Waals surface area contributed by atoms with Gasteiger partial charge in [0.05, 0.1) is 11.8 Å². The molecule has 4 rings (SSSR count). The van der Waals surface area contributed by atoms with E-state index in [1.165, 1.54) is 19.3 Å². The first-order valence-electron chi connectivity index (χ1n) is 10.2. The maximum absolute atomic E-state index is 12.9. The number of carbonyl (C=O) groups excluding carboxylic acids is 2. The molecular weight excluding hydrogens is 298 g/mol. The maximum Gasteiger partial charge on any atom is 0.233 e. The normalized spacial score (nSPS) is 47.3. The lowest BCUT2D eigenvalue weighted by atomic mass is 9.52. The summed E-state index contributed by atoms with van der Waals surface area (Å²) in [6.07, 6.45) is 5.00. The minimum atomic E-state index is 0.0177. The molecule has 4 aliphatic rings. The summed E-state index contributed by atoms with van der Waals surface area (Å²) in [5.74, 6) is 4.14. The number of nitrogens with zero attached hydrogens (tertiary/aromatic N) is 1. The highest BCUT2D eigenvalue weighted by molar-refractivity contribution is 6.06. The van der Waals surface area contributed by atoms with E-state index in [0.29, 0.717) is 41.5 Å². The second kappa shape index (κ2) is 5.32. The van der Waals surface area contributed by atoms with Gasteiger partial charge in [-0.25, -0.2) is 0 Å². The molecule has 3 saturated carbocycles. The van der Waals surface area contributed by atoms with Crippen LogP contribution in [0, 0.1) is 52.8 Å². The number of likely N-dealkylation sites (tertiary alicyclic amines) is 1. The van der Waals surface area contributed by atoms with E-state index in [0.717, 1.165) is 12.3 Å². The molecule has 0 aromatic heterocycles. The van der Waals surface area contributed by atoms with E-state index in [4.69, 9.17) is 0 Å². The van der Waals surface area contributed by atoms with Gasteiger partial charge in [0.15, 0.2) is 0 Å². The average Bonchev–Trinajstić information content (AvgIpc) is 3.16. The lowest BCUT2D eigenvalue weighted by molar-refractivity contribution is -0.140. The summed E-state index contributed by atoms with van der Waals surface area (Å²) in [4.78, 5) is 27.3. The van der Waals surface area contributed by atoms with Gasteiger partial charge in [0.25, 0.3) is 0 Å². The minimum absolute atomic E-state index is 0.0177. The summed E-state index contributed by atoms with van der Waals surface area (Å²) < 4.78 is 0. The number of imide groups is 1. The lowest BCUT2D eigenvalue weighted by Crippen LogP contribution is -2.48. The van der Waals surface area contributed by atoms with Gasteiger partial charge in [-0.2, -0.15) is 0 Å². The van der Waals surface area contributed by atoms with Crippen molar-refractivity contribution < 1.29 is 9.59 Å². The number of fused-ring (bicyclic) bond motifs is 8. The van der Waals surface area contributed by atoms with Crippen LogP contribution in [0.5, 0.6) is 0 Å². The zero-order valence-electron chi connectivity index (χ0n) is 15.9. The Morgan fingerprint density at radius 2 is 1.54 bits per heavy atom. The van der Waals surface area contributed by atoms with Crippen LogP contribution < -0.4 is 0 Å². The van der Waals surface area contributed by atoms with Crippen molar-refractivity contribution in [2.45, 2.75) is 60.3 Å². The zero-order chi connectivity index (χ0) is 17.4. The SMILES string of the molecule is CCC1CCC(C(C)(C)C)C2C3CC(C4C(=O)N(CC)C(=O)C34)C12. The van der Waals surface area contributed by atoms with E-state index in [-0.39, 0.29) is 23.7 Å². The Balaban J connectivity index is 1.74. The van der Waals surface area contributed by atoms with Crippen molar-refractivity contribution in [3.63, 3.8) is 0 Å². The predicted octanol–water partition coefficient (Wildman–Crippen LogP) is 3.97. The molecule has 3 aliphatic carbocycles. The Morgan fingerprint density at radius 3 is 2.04 bits per heavy atom. The van der Waals surface area contributed by atoms with Crippen LogP contribution in [0.25, 0.3) is 0 Å². The third-order valence-corrected chi connectivity index (χ3v) is 8.20. The molecule has 0 aromatic carbocycles. The van der Waals surface area contributed by atoms with Crippen molar-refractivity contribution in [2.24, 2.45) is 52.8 Å². The lowest BCUT2D eigenvalue weighted by Gasteiger charge is -2.52. The quantitative estimate of drug-likeness (QED) is 0.718. The van der Waals surface area contributed by atoms with E-state index in [2.05, 4.69) is 27.7 Å². The molecular formula is C21H33NO2. The van der Waals surface area contributed by atoms with E-state index in [9.17, 15) is 9.59 Å². The predicted molar refractivity (Wildman–Crippen MR) is 93.9 cm³/mol. The monoisotopic (exact) mass is 331 g/mol. The molecule has 3 heteroatoms. The standard InChI is InChI=1S/C21H33NO2/c1-6-11-8-9-14(21(3,4)5)16-13-10-12(15(11)16)17-18(13)20(24)22(7-2)19(17)23/h11-18H,6-10H2,1-5H3. The number of amides is 2. The molecule has 4 fully saturated rings. The highest BCUT2D eigenvalue weighted by Crippen LogP contribution is 2.68. The molecule has 3 nitrogen and oxygen atoms in total. The van der Waals surface area contributed by atoms with Crippen molar-refractivity contribution in [3.8, 4) is 0 Å². The minimum Gasteiger partial charge on any atom is -0.282 e. The van der Waals surface area contributed by atoms with Crippen molar-refractivity contribution in [1.29, 1.82) is 0 Å². The van der Waals surface area contributed by atoms with Crippen LogP contribution >= 0.6 is 0 Å². The molecule has 24 heavy (non-hydrogen) atoms. The molecule has 2 amide bonds. The van der Waals surface area contributed by atoms with Crippen LogP contribution in [0.3, 0.4) is 0 Å². The molecule has 0 spiro atoms. The Bertz CT molecular complexity index is 563. The fraction of sp³-hybridized carbons (Fsp3) is 0.905. The fourth-order valence-corrected chi connectivity index (χ4v) is 7.45. The number of carbonyl (C=O) groups is 2. The first-order valence-corrected chi connectivity index (χ1v) is 10.2. The molecule has 1 heterocycles. The smallest absolute Gasteiger partial charge is 0.233 e. The highest BCUT2D eigenvalue weighted by atomic mass is 16.2. The van der Waals surface area contributed by atoms with Crippen LogP contribution in [0.15, 0.2) is 0 Å². The van der Waals surface area contributed by atoms with Crippen molar-refractivity contribution in [3.05, 3.63) is 0 Å². The Kier molecular flexibility index (Phi) is 3.68. The molecule has 0 radical (unpaired) electrons. The number of rotatable bonds is 2. The second-order valence-electron chi connectivity index (χ2n) is 9.91. The van der Waals surface area contributed by atoms with E-state index in [1.54, 1.807) is 4.90 Å². The van der Waals surface area contributed by atoms with Crippen LogP contribution in [-0.4, -0.2) is 23.3 Å². The summed E-state index contributed by atoms with van der Waals surface area (Å²) in [7, 11) is 0. The maximum atomic E-state index is 12.9. The van der Waals surface area contributed by atoms with E-state index >= 15 is 0 Å². The Morgan fingerprint density at radius 1 is 0.958 bits per heavy atom. The Labute approximate surface area is 146 Å². The molecule has 8 unspecified atom stereocenters. The zero-order valence-corrected chi connectivity index (χ0v) is 15.9. The van der Waals surface area contributed by atoms with E-state index in [1.807, 2.05) is 6.92 Å². The summed E-state index contributed by atoms with van der Waals surface area (Å²) in [6, 6.07) is 0. The van der Waals surface area contributed by atoms with Gasteiger partial charge in [-0.05, 0) is 67.1 Å². The van der Waals surface area contributed by atoms with Crippen molar-refractivity contribution in [1.82, 2.24) is 4.90 Å². The second-order valence-corrected chi connectivity index (χ2v) is 9.91. The Hall–Kier alpha value is -0.860. The van der Waals surface area contributed by atoms with Gasteiger partial charge in [-0.3, -0.25) is 14.5 Å². The third kappa shape index (κ3) is 1.96. The summed E-state index contributed by atoms with van der Waals surface area (Å²) in [5, 5.41) is 0. The van der Waals surface area contributed by atoms with Gasteiger partial charge in [0.1, 0.15) is 0 Å². The largest absolute Gasteiger partial charge is 0.282 e. The topological polar surface area (TPSA) is 37.4 Å². The third-order valence-electron chi connectivity index (χ3n) is 8.20. The van der Waals surface area contributed by atoms with E-state index < -0.39 is 0 Å². The summed E-state index contributed by atoms with van der Waals surface area (Å²) in [5.41, 5.74) is 0.303. The van der Waals surface area contributed by atoms with Crippen molar-refractivity contribution >= 4 is 11.8 Å². The first kappa shape index (κ1) is 16.6. The first-order chi connectivity index (χ1) is 11.3. The van der Waals surface area contributed by atoms with Crippen LogP contribution in [0.2, 0.25) is 0 Å². The molecule has 0 N–H and O–H groups in total. The molecule has 1 aliphatic heterocycles. The molecule has 2 bridgehead atoms. The van der Waals surface area contributed by atoms with Gasteiger partial charge in [-0.1, -0.05) is 34.1 Å².